The first-order chi connectivity index (χ1) is 15.1. The van der Waals surface area contributed by atoms with Gasteiger partial charge in [0.1, 0.15) is 5.75 Å². The molecule has 1 heterocycles. The van der Waals surface area contributed by atoms with Crippen LogP contribution in [0.15, 0.2) is 100.0 Å². The van der Waals surface area contributed by atoms with Gasteiger partial charge in [-0.25, -0.2) is 0 Å². The lowest BCUT2D eigenvalue weighted by molar-refractivity contribution is 0.402. The summed E-state index contributed by atoms with van der Waals surface area (Å²) in [7, 11) is 1.52. The van der Waals surface area contributed by atoms with E-state index in [0.29, 0.717) is 22.8 Å². The van der Waals surface area contributed by atoms with E-state index in [2.05, 4.69) is 10.2 Å². The topological polar surface area (TPSA) is 81.1 Å². The van der Waals surface area contributed by atoms with Crippen molar-refractivity contribution in [1.29, 1.82) is 0 Å². The van der Waals surface area contributed by atoms with Crippen LogP contribution in [-0.2, 0) is 0 Å². The molecule has 0 amide bonds. The van der Waals surface area contributed by atoms with Crippen LogP contribution in [0, 0.1) is 4.77 Å². The highest BCUT2D eigenvalue weighted by molar-refractivity contribution is 7.71. The van der Waals surface area contributed by atoms with Crippen molar-refractivity contribution < 1.29 is 9.84 Å². The molecule has 31 heavy (non-hydrogen) atoms. The summed E-state index contributed by atoms with van der Waals surface area (Å²) in [4.78, 5) is 13.3. The minimum Gasteiger partial charge on any atom is -0.495 e. The van der Waals surface area contributed by atoms with E-state index in [9.17, 15) is 9.90 Å². The van der Waals surface area contributed by atoms with Gasteiger partial charge in [0.05, 0.1) is 24.2 Å². The Morgan fingerprint density at radius 3 is 2.13 bits per heavy atom. The zero-order valence-corrected chi connectivity index (χ0v) is 17.4. The van der Waals surface area contributed by atoms with Crippen LogP contribution in [0.2, 0.25) is 0 Å². The minimum atomic E-state index is -0.584. The predicted octanol–water partition coefficient (Wildman–Crippen LogP) is 5.49. The van der Waals surface area contributed by atoms with Crippen molar-refractivity contribution in [2.45, 2.75) is 0 Å². The summed E-state index contributed by atoms with van der Waals surface area (Å²) in [6.45, 7) is 0. The third kappa shape index (κ3) is 3.88. The number of aromatic nitrogens is 2. The summed E-state index contributed by atoms with van der Waals surface area (Å²) in [5, 5.41) is 19.2. The van der Waals surface area contributed by atoms with Gasteiger partial charge < -0.3 is 9.84 Å². The Morgan fingerprint density at radius 1 is 0.839 bits per heavy atom. The summed E-state index contributed by atoms with van der Waals surface area (Å²) in [5.74, 6) is 0.0458. The Hall–Kier alpha value is -4.04. The van der Waals surface area contributed by atoms with E-state index in [1.807, 2.05) is 12.1 Å². The van der Waals surface area contributed by atoms with Crippen LogP contribution in [0.1, 0.15) is 0 Å². The van der Waals surface area contributed by atoms with Crippen molar-refractivity contribution in [3.05, 3.63) is 100 Å². The number of nitrogens with zero attached hydrogens (tertiary/aromatic N) is 4. The van der Waals surface area contributed by atoms with Crippen molar-refractivity contribution >= 4 is 23.6 Å². The smallest absolute Gasteiger partial charge is 0.290 e. The molecule has 0 atom stereocenters. The van der Waals surface area contributed by atoms with E-state index in [1.165, 1.54) is 16.2 Å². The van der Waals surface area contributed by atoms with Crippen LogP contribution in [0.4, 0.5) is 11.4 Å². The molecule has 0 saturated heterocycles. The normalized spacial score (nSPS) is 11.0. The molecule has 0 radical (unpaired) electrons. The Kier molecular flexibility index (Phi) is 5.72. The average molecular weight is 430 g/mol. The molecule has 3 aromatic carbocycles. The summed E-state index contributed by atoms with van der Waals surface area (Å²) in [6, 6.07) is 24.9. The third-order valence-corrected chi connectivity index (χ3v) is 4.94. The minimum absolute atomic E-state index is 0.0665. The van der Waals surface area contributed by atoms with Gasteiger partial charge in [0.15, 0.2) is 4.77 Å². The quantitative estimate of drug-likeness (QED) is 0.335. The van der Waals surface area contributed by atoms with E-state index in [4.69, 9.17) is 17.0 Å². The molecule has 4 aromatic rings. The first-order valence-electron chi connectivity index (χ1n) is 9.38. The molecule has 154 valence electrons. The fraction of sp³-hybridized carbons (Fsp3) is 0.0435. The molecule has 0 aliphatic heterocycles. The van der Waals surface area contributed by atoms with Crippen molar-refractivity contribution in [1.82, 2.24) is 9.13 Å². The van der Waals surface area contributed by atoms with E-state index >= 15 is 0 Å². The highest BCUT2D eigenvalue weighted by Crippen LogP contribution is 2.32. The molecule has 1 aromatic heterocycles. The molecule has 8 heteroatoms. The van der Waals surface area contributed by atoms with Crippen LogP contribution >= 0.6 is 12.2 Å². The highest BCUT2D eigenvalue weighted by Gasteiger charge is 2.21. The molecule has 0 spiro atoms. The van der Waals surface area contributed by atoms with Gasteiger partial charge >= 0.3 is 0 Å². The zero-order chi connectivity index (χ0) is 21.8. The monoisotopic (exact) mass is 430 g/mol. The van der Waals surface area contributed by atoms with E-state index in [0.717, 1.165) is 0 Å². The number of benzene rings is 3. The van der Waals surface area contributed by atoms with E-state index in [-0.39, 0.29) is 10.5 Å². The number of para-hydroxylation sites is 3. The second kappa shape index (κ2) is 8.76. The van der Waals surface area contributed by atoms with Gasteiger partial charge in [0.25, 0.3) is 5.56 Å². The van der Waals surface area contributed by atoms with Gasteiger partial charge in [-0.05, 0) is 48.6 Å². The molecule has 0 aliphatic rings. The Bertz CT molecular complexity index is 1360. The molecular formula is C23H18N4O3S. The first-order valence-corrected chi connectivity index (χ1v) is 9.79. The molecule has 4 rings (SSSR count). The maximum Gasteiger partial charge on any atom is 0.290 e. The summed E-state index contributed by atoms with van der Waals surface area (Å²) < 4.78 is 8.16. The fourth-order valence-electron chi connectivity index (χ4n) is 3.11. The number of hydrogen-bond donors (Lipinski definition) is 1. The highest BCUT2D eigenvalue weighted by atomic mass is 32.1. The molecule has 0 unspecified atom stereocenters. The number of aromatic hydroxyl groups is 1. The number of methoxy groups -OCH3 is 1. The second-order valence-electron chi connectivity index (χ2n) is 6.47. The third-order valence-electron chi connectivity index (χ3n) is 4.57. The maximum atomic E-state index is 13.3. The predicted molar refractivity (Wildman–Crippen MR) is 121 cm³/mol. The van der Waals surface area contributed by atoms with Gasteiger partial charge in [-0.3, -0.25) is 13.9 Å². The van der Waals surface area contributed by atoms with E-state index in [1.54, 1.807) is 72.8 Å². The standard InChI is InChI=1S/C23H18N4O3S/c1-30-19-15-9-8-14-18(19)27-22(29)20(25-24-16-10-4-2-5-11-16)21(28)26(23(27)31)17-12-6-3-7-13-17/h2-15,29H,1H3. The SMILES string of the molecule is COc1ccccc1-n1c(O)c(N=Nc2ccccc2)c(=O)n(-c2ccccc2)c1=S. The summed E-state index contributed by atoms with van der Waals surface area (Å²) in [6.07, 6.45) is 0. The molecule has 0 aliphatic carbocycles. The van der Waals surface area contributed by atoms with Crippen molar-refractivity contribution in [3.8, 4) is 23.0 Å². The van der Waals surface area contributed by atoms with E-state index < -0.39 is 11.4 Å². The molecule has 1 N–H and O–H groups in total. The molecule has 0 bridgehead atoms. The number of rotatable bonds is 5. The fourth-order valence-corrected chi connectivity index (χ4v) is 3.48. The lowest BCUT2D eigenvalue weighted by atomic mass is 10.2. The van der Waals surface area contributed by atoms with Gasteiger partial charge in [0.2, 0.25) is 11.6 Å². The lowest BCUT2D eigenvalue weighted by Crippen LogP contribution is -2.23. The number of ether oxygens (including phenoxy) is 1. The number of hydrogen-bond acceptors (Lipinski definition) is 6. The van der Waals surface area contributed by atoms with Crippen LogP contribution in [0.5, 0.6) is 11.6 Å². The van der Waals surface area contributed by atoms with Crippen molar-refractivity contribution in [3.63, 3.8) is 0 Å². The van der Waals surface area contributed by atoms with Crippen LogP contribution in [0.3, 0.4) is 0 Å². The molecule has 0 fully saturated rings. The van der Waals surface area contributed by atoms with Crippen LogP contribution in [-0.4, -0.2) is 21.4 Å². The Morgan fingerprint density at radius 2 is 1.45 bits per heavy atom. The summed E-state index contributed by atoms with van der Waals surface area (Å²) in [5.41, 5.74) is 0.719. The van der Waals surface area contributed by atoms with Crippen LogP contribution < -0.4 is 10.3 Å². The molecule has 7 nitrogen and oxygen atoms in total. The molecular weight excluding hydrogens is 412 g/mol. The van der Waals surface area contributed by atoms with Gasteiger partial charge in [0, 0.05) is 0 Å². The van der Waals surface area contributed by atoms with Crippen LogP contribution in [0.25, 0.3) is 11.4 Å². The Labute approximate surface area is 183 Å². The maximum absolute atomic E-state index is 13.3. The average Bonchev–Trinajstić information content (AvgIpc) is 2.81. The summed E-state index contributed by atoms with van der Waals surface area (Å²) >= 11 is 5.61. The second-order valence-corrected chi connectivity index (χ2v) is 6.84. The largest absolute Gasteiger partial charge is 0.495 e. The van der Waals surface area contributed by atoms with Gasteiger partial charge in [-0.2, -0.15) is 5.11 Å². The van der Waals surface area contributed by atoms with Crippen molar-refractivity contribution in [2.24, 2.45) is 10.2 Å². The zero-order valence-electron chi connectivity index (χ0n) is 16.5. The first kappa shape index (κ1) is 20.2. The van der Waals surface area contributed by atoms with Crippen molar-refractivity contribution in [2.75, 3.05) is 7.11 Å². The number of azo groups is 1. The lowest BCUT2D eigenvalue weighted by Gasteiger charge is -2.17. The van der Waals surface area contributed by atoms with Gasteiger partial charge in [-0.15, -0.1) is 5.11 Å². The van der Waals surface area contributed by atoms with Gasteiger partial charge in [-0.1, -0.05) is 48.5 Å². The Balaban J connectivity index is 2.05. The molecule has 0 saturated carbocycles.